The van der Waals surface area contributed by atoms with Crippen LogP contribution in [0.2, 0.25) is 0 Å². The number of aliphatic carboxylic acids is 1. The van der Waals surface area contributed by atoms with Gasteiger partial charge >= 0.3 is 5.97 Å². The SMILES string of the molecule is CCS(=O)(=O)C(CC(=O)O)c1ccccc1. The van der Waals surface area contributed by atoms with Crippen molar-refractivity contribution in [2.24, 2.45) is 0 Å². The van der Waals surface area contributed by atoms with Crippen LogP contribution >= 0.6 is 0 Å². The van der Waals surface area contributed by atoms with Crippen LogP contribution in [-0.2, 0) is 14.6 Å². The van der Waals surface area contributed by atoms with E-state index in [0.29, 0.717) is 5.56 Å². The molecule has 5 heteroatoms. The van der Waals surface area contributed by atoms with Crippen LogP contribution in [0.4, 0.5) is 0 Å². The molecule has 16 heavy (non-hydrogen) atoms. The second kappa shape index (κ2) is 5.12. The van der Waals surface area contributed by atoms with E-state index in [2.05, 4.69) is 0 Å². The van der Waals surface area contributed by atoms with E-state index in [9.17, 15) is 13.2 Å². The summed E-state index contributed by atoms with van der Waals surface area (Å²) in [6, 6.07) is 8.45. The number of carbonyl (C=O) groups is 1. The van der Waals surface area contributed by atoms with Gasteiger partial charge in [0.05, 0.1) is 11.7 Å². The van der Waals surface area contributed by atoms with E-state index in [4.69, 9.17) is 5.11 Å². The summed E-state index contributed by atoms with van der Waals surface area (Å²) in [7, 11) is -3.39. The lowest BCUT2D eigenvalue weighted by atomic mass is 10.1. The first-order chi connectivity index (χ1) is 7.47. The Kier molecular flexibility index (Phi) is 4.06. The molecular formula is C11H14O4S. The number of rotatable bonds is 5. The molecule has 0 spiro atoms. The fourth-order valence-electron chi connectivity index (χ4n) is 1.48. The normalized spacial score (nSPS) is 13.3. The molecule has 0 aliphatic rings. The highest BCUT2D eigenvalue weighted by atomic mass is 32.2. The molecule has 0 aromatic heterocycles. The monoisotopic (exact) mass is 242 g/mol. The van der Waals surface area contributed by atoms with Crippen molar-refractivity contribution in [1.82, 2.24) is 0 Å². The molecule has 1 rings (SSSR count). The van der Waals surface area contributed by atoms with E-state index < -0.39 is 21.1 Å². The molecule has 0 aliphatic carbocycles. The summed E-state index contributed by atoms with van der Waals surface area (Å²) in [4.78, 5) is 10.7. The fraction of sp³-hybridized carbons (Fsp3) is 0.364. The zero-order valence-corrected chi connectivity index (χ0v) is 9.78. The third kappa shape index (κ3) is 3.06. The molecule has 1 aromatic rings. The zero-order chi connectivity index (χ0) is 12.2. The molecule has 4 nitrogen and oxygen atoms in total. The van der Waals surface area contributed by atoms with Crippen LogP contribution < -0.4 is 0 Å². The first-order valence-corrected chi connectivity index (χ1v) is 6.67. The number of carboxylic acid groups (broad SMARTS) is 1. The number of sulfone groups is 1. The van der Waals surface area contributed by atoms with Crippen molar-refractivity contribution < 1.29 is 18.3 Å². The minimum Gasteiger partial charge on any atom is -0.481 e. The van der Waals surface area contributed by atoms with Gasteiger partial charge in [0.1, 0.15) is 0 Å². The minimum atomic E-state index is -3.39. The minimum absolute atomic E-state index is 0.0557. The van der Waals surface area contributed by atoms with Crippen molar-refractivity contribution in [3.8, 4) is 0 Å². The van der Waals surface area contributed by atoms with E-state index in [-0.39, 0.29) is 12.2 Å². The molecule has 0 bridgehead atoms. The van der Waals surface area contributed by atoms with Crippen LogP contribution in [0.1, 0.15) is 24.2 Å². The molecular weight excluding hydrogens is 228 g/mol. The van der Waals surface area contributed by atoms with E-state index in [0.717, 1.165) is 0 Å². The Hall–Kier alpha value is -1.36. The Morgan fingerprint density at radius 1 is 1.31 bits per heavy atom. The van der Waals surface area contributed by atoms with Gasteiger partial charge in [0.2, 0.25) is 0 Å². The van der Waals surface area contributed by atoms with Gasteiger partial charge in [0.25, 0.3) is 0 Å². The molecule has 0 saturated carbocycles. The maximum atomic E-state index is 11.8. The molecule has 0 aliphatic heterocycles. The van der Waals surface area contributed by atoms with Crippen molar-refractivity contribution in [2.45, 2.75) is 18.6 Å². The van der Waals surface area contributed by atoms with Gasteiger partial charge in [-0.15, -0.1) is 0 Å². The summed E-state index contributed by atoms with van der Waals surface area (Å²) in [5, 5.41) is 7.79. The van der Waals surface area contributed by atoms with E-state index in [1.165, 1.54) is 6.92 Å². The van der Waals surface area contributed by atoms with Gasteiger partial charge in [-0.2, -0.15) is 0 Å². The lowest BCUT2D eigenvalue weighted by Crippen LogP contribution is -2.18. The smallest absolute Gasteiger partial charge is 0.305 e. The van der Waals surface area contributed by atoms with Crippen molar-refractivity contribution in [3.05, 3.63) is 35.9 Å². The van der Waals surface area contributed by atoms with Crippen LogP contribution in [0.5, 0.6) is 0 Å². The van der Waals surface area contributed by atoms with Crippen LogP contribution in [0.3, 0.4) is 0 Å². The standard InChI is InChI=1S/C11H14O4S/c1-2-16(14,15)10(8-11(12)13)9-6-4-3-5-7-9/h3-7,10H,2,8H2,1H3,(H,12,13). The maximum absolute atomic E-state index is 11.8. The Morgan fingerprint density at radius 3 is 2.31 bits per heavy atom. The molecule has 1 N–H and O–H groups in total. The summed E-state index contributed by atoms with van der Waals surface area (Å²) in [6.07, 6.45) is -0.389. The summed E-state index contributed by atoms with van der Waals surface area (Å²) >= 11 is 0. The summed E-state index contributed by atoms with van der Waals surface area (Å²) < 4.78 is 23.5. The van der Waals surface area contributed by atoms with Gasteiger partial charge in [-0.05, 0) is 5.56 Å². The van der Waals surface area contributed by atoms with Crippen molar-refractivity contribution in [2.75, 3.05) is 5.75 Å². The lowest BCUT2D eigenvalue weighted by Gasteiger charge is -2.14. The quantitative estimate of drug-likeness (QED) is 0.852. The van der Waals surface area contributed by atoms with Gasteiger partial charge in [-0.25, -0.2) is 8.42 Å². The number of hydrogen-bond donors (Lipinski definition) is 1. The van der Waals surface area contributed by atoms with Gasteiger partial charge < -0.3 is 5.11 Å². The Morgan fingerprint density at radius 2 is 1.88 bits per heavy atom. The number of benzene rings is 1. The Balaban J connectivity index is 3.12. The molecule has 0 amide bonds. The molecule has 0 fully saturated rings. The largest absolute Gasteiger partial charge is 0.481 e. The van der Waals surface area contributed by atoms with E-state index in [1.54, 1.807) is 30.3 Å². The van der Waals surface area contributed by atoms with Gasteiger partial charge in [0.15, 0.2) is 9.84 Å². The maximum Gasteiger partial charge on any atom is 0.305 e. The van der Waals surface area contributed by atoms with Crippen LogP contribution in [0.15, 0.2) is 30.3 Å². The molecule has 1 unspecified atom stereocenters. The number of carboxylic acids is 1. The van der Waals surface area contributed by atoms with Gasteiger partial charge in [-0.3, -0.25) is 4.79 Å². The predicted octanol–water partition coefficient (Wildman–Crippen LogP) is 1.64. The lowest BCUT2D eigenvalue weighted by molar-refractivity contribution is -0.137. The first kappa shape index (κ1) is 12.7. The highest BCUT2D eigenvalue weighted by Crippen LogP contribution is 2.26. The van der Waals surface area contributed by atoms with Crippen molar-refractivity contribution in [3.63, 3.8) is 0 Å². The van der Waals surface area contributed by atoms with Gasteiger partial charge in [0, 0.05) is 5.75 Å². The Bertz CT molecular complexity index is 450. The molecule has 1 aromatic carbocycles. The van der Waals surface area contributed by atoms with Crippen LogP contribution in [0, 0.1) is 0 Å². The third-order valence-electron chi connectivity index (χ3n) is 2.37. The van der Waals surface area contributed by atoms with Crippen LogP contribution in [-0.4, -0.2) is 25.2 Å². The molecule has 1 atom stereocenters. The van der Waals surface area contributed by atoms with Gasteiger partial charge in [-0.1, -0.05) is 37.3 Å². The second-order valence-corrected chi connectivity index (χ2v) is 5.92. The number of hydrogen-bond acceptors (Lipinski definition) is 3. The highest BCUT2D eigenvalue weighted by Gasteiger charge is 2.27. The summed E-state index contributed by atoms with van der Waals surface area (Å²) in [5.74, 6) is -1.16. The molecule has 0 radical (unpaired) electrons. The average molecular weight is 242 g/mol. The second-order valence-electron chi connectivity index (χ2n) is 3.45. The molecule has 88 valence electrons. The Labute approximate surface area is 94.8 Å². The van der Waals surface area contributed by atoms with E-state index >= 15 is 0 Å². The highest BCUT2D eigenvalue weighted by molar-refractivity contribution is 7.91. The van der Waals surface area contributed by atoms with Crippen molar-refractivity contribution >= 4 is 15.8 Å². The fourth-order valence-corrected chi connectivity index (χ4v) is 2.85. The zero-order valence-electron chi connectivity index (χ0n) is 8.96. The topological polar surface area (TPSA) is 71.4 Å². The average Bonchev–Trinajstić information content (AvgIpc) is 2.27. The predicted molar refractivity (Wildman–Crippen MR) is 60.9 cm³/mol. The van der Waals surface area contributed by atoms with E-state index in [1.807, 2.05) is 0 Å². The van der Waals surface area contributed by atoms with Crippen LogP contribution in [0.25, 0.3) is 0 Å². The molecule has 0 heterocycles. The first-order valence-electron chi connectivity index (χ1n) is 4.95. The third-order valence-corrected chi connectivity index (χ3v) is 4.48. The molecule has 0 saturated heterocycles. The van der Waals surface area contributed by atoms with Crippen molar-refractivity contribution in [1.29, 1.82) is 0 Å². The summed E-state index contributed by atoms with van der Waals surface area (Å²) in [5.41, 5.74) is 0.534. The summed E-state index contributed by atoms with van der Waals surface area (Å²) in [6.45, 7) is 1.52.